The first-order valence-corrected chi connectivity index (χ1v) is 6.41. The summed E-state index contributed by atoms with van der Waals surface area (Å²) in [5.74, 6) is 0.721. The van der Waals surface area contributed by atoms with Gasteiger partial charge >= 0.3 is 0 Å². The largest absolute Gasteiger partial charge is 0.483 e. The third kappa shape index (κ3) is 3.22. The average Bonchev–Trinajstić information content (AvgIpc) is 2.42. The Kier molecular flexibility index (Phi) is 4.00. The fourth-order valence-corrected chi connectivity index (χ4v) is 1.89. The van der Waals surface area contributed by atoms with Gasteiger partial charge in [0.2, 0.25) is 5.78 Å². The molecule has 0 spiro atoms. The monoisotopic (exact) mass is 254 g/mol. The van der Waals surface area contributed by atoms with Crippen molar-refractivity contribution in [1.82, 2.24) is 0 Å². The number of rotatable bonds is 4. The van der Waals surface area contributed by atoms with E-state index in [-0.39, 0.29) is 5.78 Å². The predicted octanol–water partition coefficient (Wildman–Crippen LogP) is 3.95. The van der Waals surface area contributed by atoms with Crippen molar-refractivity contribution in [3.05, 3.63) is 65.2 Å². The Morgan fingerprint density at radius 1 is 1.00 bits per heavy atom. The molecule has 0 aromatic heterocycles. The second-order valence-electron chi connectivity index (χ2n) is 4.74. The maximum Gasteiger partial charge on any atom is 0.203 e. The Morgan fingerprint density at radius 3 is 2.32 bits per heavy atom. The fraction of sp³-hybridized carbons (Fsp3) is 0.235. The van der Waals surface area contributed by atoms with Gasteiger partial charge in [-0.15, -0.1) is 0 Å². The molecule has 0 saturated heterocycles. The van der Waals surface area contributed by atoms with Crippen LogP contribution in [-0.4, -0.2) is 11.9 Å². The van der Waals surface area contributed by atoms with E-state index in [9.17, 15) is 4.79 Å². The third-order valence-corrected chi connectivity index (χ3v) is 3.22. The van der Waals surface area contributed by atoms with Crippen LogP contribution in [0.1, 0.15) is 28.4 Å². The van der Waals surface area contributed by atoms with Crippen molar-refractivity contribution >= 4 is 5.78 Å². The minimum absolute atomic E-state index is 0.00644. The minimum atomic E-state index is -0.482. The number of carbonyl (C=O) groups excluding carboxylic acids is 1. The third-order valence-electron chi connectivity index (χ3n) is 3.22. The highest BCUT2D eigenvalue weighted by molar-refractivity contribution is 5.99. The van der Waals surface area contributed by atoms with Gasteiger partial charge < -0.3 is 4.74 Å². The van der Waals surface area contributed by atoms with E-state index in [2.05, 4.69) is 0 Å². The molecule has 0 fully saturated rings. The van der Waals surface area contributed by atoms with Crippen LogP contribution in [0.3, 0.4) is 0 Å². The van der Waals surface area contributed by atoms with Crippen molar-refractivity contribution in [2.24, 2.45) is 0 Å². The van der Waals surface area contributed by atoms with Crippen LogP contribution in [-0.2, 0) is 0 Å². The zero-order chi connectivity index (χ0) is 13.8. The normalized spacial score (nSPS) is 11.9. The van der Waals surface area contributed by atoms with Crippen LogP contribution in [0.4, 0.5) is 0 Å². The van der Waals surface area contributed by atoms with Gasteiger partial charge in [-0.25, -0.2) is 0 Å². The van der Waals surface area contributed by atoms with Gasteiger partial charge in [-0.05, 0) is 50.1 Å². The molecule has 2 aromatic rings. The maximum atomic E-state index is 12.3. The predicted molar refractivity (Wildman–Crippen MR) is 76.8 cm³/mol. The molecule has 0 bridgehead atoms. The second kappa shape index (κ2) is 5.70. The molecule has 2 heteroatoms. The van der Waals surface area contributed by atoms with Crippen molar-refractivity contribution in [3.8, 4) is 5.75 Å². The number of hydrogen-bond acceptors (Lipinski definition) is 2. The van der Waals surface area contributed by atoms with Gasteiger partial charge in [-0.3, -0.25) is 4.79 Å². The first-order chi connectivity index (χ1) is 9.08. The van der Waals surface area contributed by atoms with Gasteiger partial charge in [0.25, 0.3) is 0 Å². The number of benzene rings is 2. The molecule has 98 valence electrons. The van der Waals surface area contributed by atoms with Gasteiger partial charge in [0.15, 0.2) is 6.10 Å². The number of carbonyl (C=O) groups is 1. The van der Waals surface area contributed by atoms with Gasteiger partial charge in [0.05, 0.1) is 0 Å². The topological polar surface area (TPSA) is 26.3 Å². The van der Waals surface area contributed by atoms with Gasteiger partial charge in [0.1, 0.15) is 5.75 Å². The van der Waals surface area contributed by atoms with Crippen LogP contribution in [0.5, 0.6) is 5.75 Å². The van der Waals surface area contributed by atoms with Crippen LogP contribution >= 0.6 is 0 Å². The van der Waals surface area contributed by atoms with Crippen LogP contribution in [0, 0.1) is 13.8 Å². The van der Waals surface area contributed by atoms with Crippen LogP contribution in [0.2, 0.25) is 0 Å². The summed E-state index contributed by atoms with van der Waals surface area (Å²) in [7, 11) is 0. The van der Waals surface area contributed by atoms with E-state index in [0.29, 0.717) is 11.3 Å². The summed E-state index contributed by atoms with van der Waals surface area (Å²) >= 11 is 0. The zero-order valence-corrected chi connectivity index (χ0v) is 11.5. The van der Waals surface area contributed by atoms with Gasteiger partial charge in [0, 0.05) is 5.56 Å². The SMILES string of the molecule is Cc1ccc(C(=O)C(C)Oc2ccccc2)cc1C. The summed E-state index contributed by atoms with van der Waals surface area (Å²) < 4.78 is 5.65. The molecule has 1 atom stereocenters. The second-order valence-corrected chi connectivity index (χ2v) is 4.74. The molecule has 0 N–H and O–H groups in total. The van der Waals surface area contributed by atoms with Crippen molar-refractivity contribution in [2.75, 3.05) is 0 Å². The molecule has 2 aromatic carbocycles. The van der Waals surface area contributed by atoms with Crippen LogP contribution in [0.25, 0.3) is 0 Å². The molecule has 1 unspecified atom stereocenters. The van der Waals surface area contributed by atoms with E-state index < -0.39 is 6.10 Å². The molecule has 2 nitrogen and oxygen atoms in total. The number of ketones is 1. The number of hydrogen-bond donors (Lipinski definition) is 0. The Morgan fingerprint density at radius 2 is 1.68 bits per heavy atom. The van der Waals surface area contributed by atoms with E-state index in [1.54, 1.807) is 6.92 Å². The molecule has 0 heterocycles. The highest BCUT2D eigenvalue weighted by Crippen LogP contribution is 2.16. The lowest BCUT2D eigenvalue weighted by molar-refractivity contribution is 0.0818. The Hall–Kier alpha value is -2.09. The quantitative estimate of drug-likeness (QED) is 0.772. The molecular formula is C17H18O2. The maximum absolute atomic E-state index is 12.3. The molecule has 0 aliphatic heterocycles. The first-order valence-electron chi connectivity index (χ1n) is 6.41. The molecule has 0 aliphatic carbocycles. The summed E-state index contributed by atoms with van der Waals surface area (Å²) in [6.45, 7) is 5.83. The number of Topliss-reactive ketones (excluding diaryl/α,β-unsaturated/α-hetero) is 1. The molecule has 0 amide bonds. The summed E-state index contributed by atoms with van der Waals surface area (Å²) in [4.78, 5) is 12.3. The minimum Gasteiger partial charge on any atom is -0.483 e. The van der Waals surface area contributed by atoms with Crippen LogP contribution in [0.15, 0.2) is 48.5 Å². The smallest absolute Gasteiger partial charge is 0.203 e. The Labute approximate surface area is 114 Å². The van der Waals surface area contributed by atoms with E-state index >= 15 is 0 Å². The van der Waals surface area contributed by atoms with E-state index in [1.807, 2.05) is 62.4 Å². The molecule has 0 radical (unpaired) electrons. The summed E-state index contributed by atoms with van der Waals surface area (Å²) in [5.41, 5.74) is 3.01. The Bertz CT molecular complexity index is 573. The number of ether oxygens (including phenoxy) is 1. The van der Waals surface area contributed by atoms with E-state index in [1.165, 1.54) is 5.56 Å². The van der Waals surface area contributed by atoms with E-state index in [0.717, 1.165) is 5.56 Å². The van der Waals surface area contributed by atoms with Crippen molar-refractivity contribution in [3.63, 3.8) is 0 Å². The Balaban J connectivity index is 2.12. The molecule has 0 saturated carbocycles. The highest BCUT2D eigenvalue weighted by Gasteiger charge is 2.17. The lowest BCUT2D eigenvalue weighted by Gasteiger charge is -2.14. The fourth-order valence-electron chi connectivity index (χ4n) is 1.89. The average molecular weight is 254 g/mol. The van der Waals surface area contributed by atoms with Gasteiger partial charge in [-0.2, -0.15) is 0 Å². The lowest BCUT2D eigenvalue weighted by atomic mass is 10.0. The molecule has 2 rings (SSSR count). The first kappa shape index (κ1) is 13.3. The molecule has 19 heavy (non-hydrogen) atoms. The zero-order valence-electron chi connectivity index (χ0n) is 11.5. The molecular weight excluding hydrogens is 236 g/mol. The summed E-state index contributed by atoms with van der Waals surface area (Å²) in [6, 6.07) is 15.2. The highest BCUT2D eigenvalue weighted by atomic mass is 16.5. The summed E-state index contributed by atoms with van der Waals surface area (Å²) in [5, 5.41) is 0. The van der Waals surface area contributed by atoms with Crippen molar-refractivity contribution in [1.29, 1.82) is 0 Å². The molecule has 0 aliphatic rings. The van der Waals surface area contributed by atoms with E-state index in [4.69, 9.17) is 4.74 Å². The lowest BCUT2D eigenvalue weighted by Crippen LogP contribution is -2.24. The van der Waals surface area contributed by atoms with Gasteiger partial charge in [-0.1, -0.05) is 30.3 Å². The van der Waals surface area contributed by atoms with Crippen molar-refractivity contribution in [2.45, 2.75) is 26.9 Å². The number of aryl methyl sites for hydroxylation is 2. The standard InChI is InChI=1S/C17H18O2/c1-12-9-10-15(11-13(12)2)17(18)14(3)19-16-7-5-4-6-8-16/h4-11,14H,1-3H3. The number of para-hydroxylation sites is 1. The van der Waals surface area contributed by atoms with Crippen LogP contribution < -0.4 is 4.74 Å². The summed E-state index contributed by atoms with van der Waals surface area (Å²) in [6.07, 6.45) is -0.482. The van der Waals surface area contributed by atoms with Crippen molar-refractivity contribution < 1.29 is 9.53 Å².